The first-order valence-electron chi connectivity index (χ1n) is 7.35. The van der Waals surface area contributed by atoms with E-state index in [0.717, 1.165) is 19.6 Å². The molecule has 1 aliphatic rings. The minimum absolute atomic E-state index is 0.292. The largest absolute Gasteiger partial charge is 0.467 e. The minimum atomic E-state index is -0.292. The molecule has 0 aliphatic carbocycles. The van der Waals surface area contributed by atoms with Crippen molar-refractivity contribution in [1.29, 1.82) is 0 Å². The van der Waals surface area contributed by atoms with Gasteiger partial charge in [-0.15, -0.1) is 0 Å². The van der Waals surface area contributed by atoms with E-state index in [1.807, 2.05) is 14.0 Å². The van der Waals surface area contributed by atoms with Gasteiger partial charge in [-0.05, 0) is 51.9 Å². The molecule has 1 N–H and O–H groups in total. The number of hydrogen-bond donors (Lipinski definition) is 1. The summed E-state index contributed by atoms with van der Waals surface area (Å²) in [5.41, 5.74) is 0.558. The number of ether oxygens (including phenoxy) is 1. The lowest BCUT2D eigenvalue weighted by Crippen LogP contribution is -2.38. The Labute approximate surface area is 120 Å². The first-order chi connectivity index (χ1) is 9.74. The van der Waals surface area contributed by atoms with E-state index in [0.29, 0.717) is 30.4 Å². The summed E-state index contributed by atoms with van der Waals surface area (Å²) in [4.78, 5) is 14.2. The van der Waals surface area contributed by atoms with Gasteiger partial charge < -0.3 is 14.5 Å². The van der Waals surface area contributed by atoms with Crippen LogP contribution in [-0.2, 0) is 11.3 Å². The lowest BCUT2D eigenvalue weighted by atomic mass is 9.98. The molecule has 2 rings (SSSR count). The summed E-state index contributed by atoms with van der Waals surface area (Å²) in [5.74, 6) is 1.10. The van der Waals surface area contributed by atoms with Crippen molar-refractivity contribution in [2.24, 2.45) is 5.92 Å². The van der Waals surface area contributed by atoms with Crippen LogP contribution < -0.4 is 5.32 Å². The number of nitrogens with zero attached hydrogens (tertiary/aromatic N) is 1. The Morgan fingerprint density at radius 1 is 1.60 bits per heavy atom. The molecule has 0 aromatic carbocycles. The van der Waals surface area contributed by atoms with Crippen molar-refractivity contribution in [1.82, 2.24) is 10.2 Å². The average molecular weight is 280 g/mol. The number of hydrogen-bond acceptors (Lipinski definition) is 5. The third-order valence-corrected chi connectivity index (χ3v) is 3.70. The Hall–Kier alpha value is -1.33. The van der Waals surface area contributed by atoms with Crippen molar-refractivity contribution in [3.63, 3.8) is 0 Å². The standard InChI is InChI=1S/C15H24N2O3/c1-3-19-15(18)13-6-8-20-14(13)11-17-7-4-5-12(10-17)9-16-2/h6,8,12,16H,3-5,7,9-11H2,1-2H3. The van der Waals surface area contributed by atoms with Gasteiger partial charge in [-0.2, -0.15) is 0 Å². The van der Waals surface area contributed by atoms with Crippen molar-refractivity contribution in [3.8, 4) is 0 Å². The zero-order chi connectivity index (χ0) is 14.4. The van der Waals surface area contributed by atoms with Gasteiger partial charge in [-0.1, -0.05) is 0 Å². The van der Waals surface area contributed by atoms with Crippen molar-refractivity contribution < 1.29 is 13.9 Å². The van der Waals surface area contributed by atoms with E-state index in [9.17, 15) is 4.79 Å². The molecule has 0 amide bonds. The summed E-state index contributed by atoms with van der Waals surface area (Å²) in [7, 11) is 1.99. The third kappa shape index (κ3) is 3.84. The van der Waals surface area contributed by atoms with Crippen LogP contribution in [0, 0.1) is 5.92 Å². The Bertz CT molecular complexity index is 429. The first-order valence-corrected chi connectivity index (χ1v) is 7.35. The molecule has 5 heteroatoms. The summed E-state index contributed by atoms with van der Waals surface area (Å²) < 4.78 is 10.5. The summed E-state index contributed by atoms with van der Waals surface area (Å²) >= 11 is 0. The molecular weight excluding hydrogens is 256 g/mol. The van der Waals surface area contributed by atoms with E-state index >= 15 is 0 Å². The van der Waals surface area contributed by atoms with E-state index in [2.05, 4.69) is 10.2 Å². The molecular formula is C15H24N2O3. The molecule has 0 radical (unpaired) electrons. The summed E-state index contributed by atoms with van der Waals surface area (Å²) in [6.07, 6.45) is 4.03. The van der Waals surface area contributed by atoms with Gasteiger partial charge in [-0.25, -0.2) is 4.79 Å². The number of piperidine rings is 1. The van der Waals surface area contributed by atoms with E-state index in [1.165, 1.54) is 12.8 Å². The van der Waals surface area contributed by atoms with Gasteiger partial charge in [0.05, 0.1) is 19.4 Å². The van der Waals surface area contributed by atoms with Crippen LogP contribution in [0.4, 0.5) is 0 Å². The summed E-state index contributed by atoms with van der Waals surface area (Å²) in [6.45, 7) is 6.02. The molecule has 112 valence electrons. The molecule has 1 unspecified atom stereocenters. The van der Waals surface area contributed by atoms with Gasteiger partial charge in [0.25, 0.3) is 0 Å². The lowest BCUT2D eigenvalue weighted by molar-refractivity contribution is 0.0521. The smallest absolute Gasteiger partial charge is 0.341 e. The van der Waals surface area contributed by atoms with E-state index in [-0.39, 0.29) is 5.97 Å². The molecule has 1 fully saturated rings. The molecule has 0 bridgehead atoms. The first kappa shape index (κ1) is 15.1. The zero-order valence-corrected chi connectivity index (χ0v) is 12.4. The topological polar surface area (TPSA) is 54.7 Å². The fourth-order valence-electron chi connectivity index (χ4n) is 2.81. The molecule has 1 saturated heterocycles. The highest BCUT2D eigenvalue weighted by atomic mass is 16.5. The number of carbonyl (C=O) groups is 1. The molecule has 1 aromatic heterocycles. The van der Waals surface area contributed by atoms with Crippen molar-refractivity contribution >= 4 is 5.97 Å². The van der Waals surface area contributed by atoms with E-state index < -0.39 is 0 Å². The van der Waals surface area contributed by atoms with Crippen LogP contribution in [0.5, 0.6) is 0 Å². The number of rotatable bonds is 6. The van der Waals surface area contributed by atoms with Gasteiger partial charge in [0.15, 0.2) is 0 Å². The van der Waals surface area contributed by atoms with Crippen LogP contribution in [0.25, 0.3) is 0 Å². The predicted octanol–water partition coefficient (Wildman–Crippen LogP) is 1.89. The Morgan fingerprint density at radius 2 is 2.45 bits per heavy atom. The predicted molar refractivity (Wildman–Crippen MR) is 76.6 cm³/mol. The fourth-order valence-corrected chi connectivity index (χ4v) is 2.81. The Kier molecular flexibility index (Phi) is 5.61. The van der Waals surface area contributed by atoms with Gasteiger partial charge in [-0.3, -0.25) is 4.90 Å². The highest BCUT2D eigenvalue weighted by molar-refractivity contribution is 5.90. The summed E-state index contributed by atoms with van der Waals surface area (Å²) in [5, 5.41) is 3.24. The van der Waals surface area contributed by atoms with Crippen LogP contribution in [-0.4, -0.2) is 44.2 Å². The van der Waals surface area contributed by atoms with Crippen LogP contribution in [0.15, 0.2) is 16.7 Å². The highest BCUT2D eigenvalue weighted by Gasteiger charge is 2.23. The third-order valence-electron chi connectivity index (χ3n) is 3.70. The van der Waals surface area contributed by atoms with Gasteiger partial charge in [0.2, 0.25) is 0 Å². The van der Waals surface area contributed by atoms with E-state index in [4.69, 9.17) is 9.15 Å². The van der Waals surface area contributed by atoms with Crippen LogP contribution >= 0.6 is 0 Å². The second-order valence-corrected chi connectivity index (χ2v) is 5.28. The molecule has 0 spiro atoms. The number of carbonyl (C=O) groups excluding carboxylic acids is 1. The second kappa shape index (κ2) is 7.45. The Morgan fingerprint density at radius 3 is 3.20 bits per heavy atom. The molecule has 1 aromatic rings. The maximum absolute atomic E-state index is 11.8. The van der Waals surface area contributed by atoms with E-state index in [1.54, 1.807) is 12.3 Å². The fraction of sp³-hybridized carbons (Fsp3) is 0.667. The van der Waals surface area contributed by atoms with Gasteiger partial charge in [0, 0.05) is 6.54 Å². The van der Waals surface area contributed by atoms with Crippen molar-refractivity contribution in [3.05, 3.63) is 23.7 Å². The number of nitrogens with one attached hydrogen (secondary N) is 1. The maximum atomic E-state index is 11.8. The normalized spacial score (nSPS) is 20.0. The van der Waals surface area contributed by atoms with Gasteiger partial charge in [0.1, 0.15) is 11.3 Å². The number of esters is 1. The zero-order valence-electron chi connectivity index (χ0n) is 12.4. The number of furan rings is 1. The molecule has 20 heavy (non-hydrogen) atoms. The minimum Gasteiger partial charge on any atom is -0.467 e. The SMILES string of the molecule is CCOC(=O)c1ccoc1CN1CCCC(CNC)C1. The molecule has 1 atom stereocenters. The molecule has 0 saturated carbocycles. The van der Waals surface area contributed by atoms with Crippen LogP contribution in [0.1, 0.15) is 35.9 Å². The molecule has 1 aliphatic heterocycles. The number of likely N-dealkylation sites (tertiary alicyclic amines) is 1. The maximum Gasteiger partial charge on any atom is 0.341 e. The quantitative estimate of drug-likeness (QED) is 0.806. The van der Waals surface area contributed by atoms with Crippen LogP contribution in [0.2, 0.25) is 0 Å². The molecule has 5 nitrogen and oxygen atoms in total. The monoisotopic (exact) mass is 280 g/mol. The van der Waals surface area contributed by atoms with Crippen LogP contribution in [0.3, 0.4) is 0 Å². The second-order valence-electron chi connectivity index (χ2n) is 5.28. The average Bonchev–Trinajstić information content (AvgIpc) is 2.88. The Balaban J connectivity index is 1.96. The summed E-state index contributed by atoms with van der Waals surface area (Å²) in [6, 6.07) is 1.70. The van der Waals surface area contributed by atoms with Crippen molar-refractivity contribution in [2.75, 3.05) is 33.3 Å². The van der Waals surface area contributed by atoms with Gasteiger partial charge >= 0.3 is 5.97 Å². The van der Waals surface area contributed by atoms with Crippen molar-refractivity contribution in [2.45, 2.75) is 26.3 Å². The lowest BCUT2D eigenvalue weighted by Gasteiger charge is -2.32. The highest BCUT2D eigenvalue weighted by Crippen LogP contribution is 2.20. The molecule has 2 heterocycles.